The molecular formula is C15H18N4O3S2. The molecule has 24 heavy (non-hydrogen) atoms. The molecule has 128 valence electrons. The molecule has 4 N–H and O–H groups in total. The van der Waals surface area contributed by atoms with Gasteiger partial charge < -0.3 is 16.4 Å². The number of amides is 3. The van der Waals surface area contributed by atoms with E-state index >= 15 is 0 Å². The second-order valence-electron chi connectivity index (χ2n) is 5.45. The molecule has 3 amide bonds. The van der Waals surface area contributed by atoms with Crippen molar-refractivity contribution >= 4 is 45.5 Å². The van der Waals surface area contributed by atoms with Crippen LogP contribution in [-0.2, 0) is 16.0 Å². The maximum Gasteiger partial charge on any atom is 0.262 e. The van der Waals surface area contributed by atoms with E-state index in [1.807, 2.05) is 13.8 Å². The Kier molecular flexibility index (Phi) is 6.04. The Morgan fingerprint density at radius 2 is 2.04 bits per heavy atom. The number of thiophene rings is 1. The van der Waals surface area contributed by atoms with E-state index in [2.05, 4.69) is 15.6 Å². The summed E-state index contributed by atoms with van der Waals surface area (Å²) in [4.78, 5) is 40.2. The van der Waals surface area contributed by atoms with Gasteiger partial charge in [0.15, 0.2) is 5.13 Å². The van der Waals surface area contributed by atoms with Gasteiger partial charge in [0.1, 0.15) is 6.04 Å². The second-order valence-corrected chi connectivity index (χ2v) is 7.25. The van der Waals surface area contributed by atoms with Crippen LogP contribution in [0.1, 0.15) is 29.2 Å². The van der Waals surface area contributed by atoms with Gasteiger partial charge in [0.25, 0.3) is 5.91 Å². The van der Waals surface area contributed by atoms with Crippen molar-refractivity contribution in [2.24, 2.45) is 11.7 Å². The number of hydrogen-bond donors (Lipinski definition) is 3. The molecule has 0 spiro atoms. The highest BCUT2D eigenvalue weighted by atomic mass is 32.1. The van der Waals surface area contributed by atoms with Gasteiger partial charge in [-0.2, -0.15) is 0 Å². The van der Waals surface area contributed by atoms with Crippen LogP contribution in [0.2, 0.25) is 0 Å². The molecule has 2 heterocycles. The number of primary amides is 1. The molecule has 0 saturated heterocycles. The lowest BCUT2D eigenvalue weighted by Crippen LogP contribution is -2.46. The van der Waals surface area contributed by atoms with E-state index in [0.29, 0.717) is 15.7 Å². The molecule has 2 aromatic rings. The van der Waals surface area contributed by atoms with Crippen LogP contribution >= 0.6 is 22.7 Å². The van der Waals surface area contributed by atoms with Gasteiger partial charge in [0.2, 0.25) is 11.8 Å². The van der Waals surface area contributed by atoms with Gasteiger partial charge in [-0.05, 0) is 17.4 Å². The third kappa shape index (κ3) is 4.87. The van der Waals surface area contributed by atoms with Crippen molar-refractivity contribution in [1.29, 1.82) is 0 Å². The van der Waals surface area contributed by atoms with E-state index in [0.717, 1.165) is 0 Å². The number of nitrogens with two attached hydrogens (primary N) is 1. The number of anilines is 1. The van der Waals surface area contributed by atoms with Crippen LogP contribution in [0.25, 0.3) is 0 Å². The van der Waals surface area contributed by atoms with Crippen molar-refractivity contribution in [3.63, 3.8) is 0 Å². The van der Waals surface area contributed by atoms with Crippen molar-refractivity contribution in [2.75, 3.05) is 5.32 Å². The molecular weight excluding hydrogens is 348 g/mol. The molecule has 0 fully saturated rings. The van der Waals surface area contributed by atoms with E-state index in [1.54, 1.807) is 22.9 Å². The van der Waals surface area contributed by atoms with Crippen LogP contribution in [0, 0.1) is 5.92 Å². The van der Waals surface area contributed by atoms with E-state index in [9.17, 15) is 14.4 Å². The summed E-state index contributed by atoms with van der Waals surface area (Å²) in [6.07, 6.45) is 0.0229. The zero-order valence-corrected chi connectivity index (χ0v) is 14.9. The molecule has 0 aromatic carbocycles. The first kappa shape index (κ1) is 18.1. The molecule has 1 atom stereocenters. The van der Waals surface area contributed by atoms with Crippen molar-refractivity contribution in [2.45, 2.75) is 26.3 Å². The van der Waals surface area contributed by atoms with E-state index in [-0.39, 0.29) is 24.2 Å². The summed E-state index contributed by atoms with van der Waals surface area (Å²) in [6.45, 7) is 3.69. The average Bonchev–Trinajstić information content (AvgIpc) is 3.15. The molecule has 0 aliphatic carbocycles. The molecule has 0 saturated carbocycles. The molecule has 7 nitrogen and oxygen atoms in total. The Morgan fingerprint density at radius 1 is 1.29 bits per heavy atom. The number of carbonyl (C=O) groups excluding carboxylic acids is 3. The van der Waals surface area contributed by atoms with Crippen LogP contribution < -0.4 is 16.4 Å². The van der Waals surface area contributed by atoms with Gasteiger partial charge in [-0.3, -0.25) is 14.4 Å². The fraction of sp³-hybridized carbons (Fsp3) is 0.333. The summed E-state index contributed by atoms with van der Waals surface area (Å²) in [5.41, 5.74) is 5.62. The van der Waals surface area contributed by atoms with Crippen molar-refractivity contribution < 1.29 is 14.4 Å². The third-order valence-electron chi connectivity index (χ3n) is 3.12. The number of aromatic nitrogens is 1. The first-order valence-corrected chi connectivity index (χ1v) is 9.00. The number of hydrogen-bond acceptors (Lipinski definition) is 6. The summed E-state index contributed by atoms with van der Waals surface area (Å²) in [5.74, 6) is -1.22. The van der Waals surface area contributed by atoms with Gasteiger partial charge >= 0.3 is 0 Å². The van der Waals surface area contributed by atoms with Gasteiger partial charge in [0.05, 0.1) is 17.0 Å². The fourth-order valence-electron chi connectivity index (χ4n) is 1.96. The van der Waals surface area contributed by atoms with Gasteiger partial charge in [-0.25, -0.2) is 4.98 Å². The minimum Gasteiger partial charge on any atom is -0.369 e. The molecule has 9 heteroatoms. The largest absolute Gasteiger partial charge is 0.369 e. The second kappa shape index (κ2) is 8.02. The Balaban J connectivity index is 2.02. The van der Waals surface area contributed by atoms with Crippen LogP contribution in [0.5, 0.6) is 0 Å². The van der Waals surface area contributed by atoms with Gasteiger partial charge in [-0.1, -0.05) is 19.9 Å². The summed E-state index contributed by atoms with van der Waals surface area (Å²) < 4.78 is 0. The standard InChI is InChI=1S/C15H18N4O3S2/c1-8(2)12(18-13(21)10-4-3-5-23-10)14(22)19-15-17-9(7-24-15)6-11(16)20/h3-5,7-8,12H,6H2,1-2H3,(H2,16,20)(H,18,21)(H,17,19,22). The normalized spacial score (nSPS) is 12.0. The summed E-state index contributed by atoms with van der Waals surface area (Å²) >= 11 is 2.52. The number of nitrogens with one attached hydrogen (secondary N) is 2. The number of carbonyl (C=O) groups is 3. The van der Waals surface area contributed by atoms with Gasteiger partial charge in [0, 0.05) is 5.38 Å². The van der Waals surface area contributed by atoms with E-state index in [4.69, 9.17) is 5.73 Å². The Hall–Kier alpha value is -2.26. The fourth-order valence-corrected chi connectivity index (χ4v) is 3.30. The van der Waals surface area contributed by atoms with Crippen LogP contribution in [0.3, 0.4) is 0 Å². The summed E-state index contributed by atoms with van der Waals surface area (Å²) in [6, 6.07) is 2.79. The highest BCUT2D eigenvalue weighted by Gasteiger charge is 2.25. The molecule has 0 aliphatic rings. The zero-order chi connectivity index (χ0) is 17.7. The predicted octanol–water partition coefficient (Wildman–Crippen LogP) is 1.63. The first-order chi connectivity index (χ1) is 11.4. The first-order valence-electron chi connectivity index (χ1n) is 7.24. The molecule has 0 aliphatic heterocycles. The maximum absolute atomic E-state index is 12.4. The topological polar surface area (TPSA) is 114 Å². The van der Waals surface area contributed by atoms with Crippen LogP contribution in [0.4, 0.5) is 5.13 Å². The lowest BCUT2D eigenvalue weighted by Gasteiger charge is -2.20. The Morgan fingerprint density at radius 3 is 2.62 bits per heavy atom. The third-order valence-corrected chi connectivity index (χ3v) is 4.79. The van der Waals surface area contributed by atoms with E-state index in [1.165, 1.54) is 22.7 Å². The SMILES string of the molecule is CC(C)C(NC(=O)c1cccs1)C(=O)Nc1nc(CC(N)=O)cs1. The zero-order valence-electron chi connectivity index (χ0n) is 13.2. The molecule has 0 radical (unpaired) electrons. The Labute approximate surface area is 147 Å². The minimum atomic E-state index is -0.692. The molecule has 1 unspecified atom stereocenters. The molecule has 2 aromatic heterocycles. The summed E-state index contributed by atoms with van der Waals surface area (Å²) in [5, 5.41) is 9.24. The number of thiazole rings is 1. The number of nitrogens with zero attached hydrogens (tertiary/aromatic N) is 1. The lowest BCUT2D eigenvalue weighted by atomic mass is 10.0. The smallest absolute Gasteiger partial charge is 0.262 e. The number of rotatable bonds is 7. The van der Waals surface area contributed by atoms with Gasteiger partial charge in [-0.15, -0.1) is 22.7 Å². The van der Waals surface area contributed by atoms with Crippen LogP contribution in [0.15, 0.2) is 22.9 Å². The van der Waals surface area contributed by atoms with Crippen LogP contribution in [-0.4, -0.2) is 28.7 Å². The minimum absolute atomic E-state index is 0.0229. The maximum atomic E-state index is 12.4. The highest BCUT2D eigenvalue weighted by Crippen LogP contribution is 2.17. The predicted molar refractivity (Wildman–Crippen MR) is 94.1 cm³/mol. The molecule has 0 bridgehead atoms. The van der Waals surface area contributed by atoms with E-state index < -0.39 is 11.9 Å². The quantitative estimate of drug-likeness (QED) is 0.691. The Bertz CT molecular complexity index is 725. The average molecular weight is 366 g/mol. The van der Waals surface area contributed by atoms with Crippen molar-refractivity contribution in [3.05, 3.63) is 33.5 Å². The monoisotopic (exact) mass is 366 g/mol. The van der Waals surface area contributed by atoms with Crippen molar-refractivity contribution in [3.8, 4) is 0 Å². The summed E-state index contributed by atoms with van der Waals surface area (Å²) in [7, 11) is 0. The molecule has 2 rings (SSSR count). The van der Waals surface area contributed by atoms with Crippen molar-refractivity contribution in [1.82, 2.24) is 10.3 Å². The highest BCUT2D eigenvalue weighted by molar-refractivity contribution is 7.14. The lowest BCUT2D eigenvalue weighted by molar-refractivity contribution is -0.119.